The molecule has 0 bridgehead atoms. The fourth-order valence-corrected chi connectivity index (χ4v) is 2.73. The Morgan fingerprint density at radius 2 is 2.22 bits per heavy atom. The molecule has 1 atom stereocenters. The summed E-state index contributed by atoms with van der Waals surface area (Å²) in [6.45, 7) is 3.34. The first-order valence-corrected chi connectivity index (χ1v) is 6.47. The maximum absolute atomic E-state index is 9.10. The van der Waals surface area contributed by atoms with Gasteiger partial charge in [0.1, 0.15) is 0 Å². The minimum atomic E-state index is 0.190. The largest absolute Gasteiger partial charge is 0.395 e. The minimum absolute atomic E-state index is 0.190. The zero-order valence-corrected chi connectivity index (χ0v) is 11.3. The van der Waals surface area contributed by atoms with Crippen LogP contribution in [0.5, 0.6) is 0 Å². The van der Waals surface area contributed by atoms with Crippen LogP contribution in [0.15, 0.2) is 18.2 Å². The topological polar surface area (TPSA) is 52.7 Å². The Morgan fingerprint density at radius 3 is 2.83 bits per heavy atom. The maximum atomic E-state index is 9.10. The highest BCUT2D eigenvalue weighted by Gasteiger charge is 2.28. The Kier molecular flexibility index (Phi) is 4.35. The first kappa shape index (κ1) is 13.5. The summed E-state index contributed by atoms with van der Waals surface area (Å²) in [5, 5.41) is 9.10. The molecule has 0 saturated carbocycles. The molecule has 4 heteroatoms. The number of hydrogen-bond donors (Lipinski definition) is 2. The van der Waals surface area contributed by atoms with Gasteiger partial charge in [-0.15, -0.1) is 0 Å². The Bertz CT molecular complexity index is 406. The average Bonchev–Trinajstić information content (AvgIpc) is 2.65. The first-order valence-electron chi connectivity index (χ1n) is 6.47. The quantitative estimate of drug-likeness (QED) is 0.800. The maximum Gasteiger partial charge on any atom is 0.0558 e. The van der Waals surface area contributed by atoms with Crippen LogP contribution in [0.3, 0.4) is 0 Å². The van der Waals surface area contributed by atoms with Crippen LogP contribution in [-0.2, 0) is 13.1 Å². The van der Waals surface area contributed by atoms with Crippen molar-refractivity contribution < 1.29 is 5.11 Å². The van der Waals surface area contributed by atoms with Crippen LogP contribution < -0.4 is 5.73 Å². The van der Waals surface area contributed by atoms with Gasteiger partial charge in [0.2, 0.25) is 0 Å². The van der Waals surface area contributed by atoms with Crippen LogP contribution in [0.25, 0.3) is 0 Å². The number of nitrogens with zero attached hydrogens (tertiary/aromatic N) is 2. The number of benzene rings is 1. The second-order valence-electron chi connectivity index (χ2n) is 5.22. The van der Waals surface area contributed by atoms with Gasteiger partial charge in [0, 0.05) is 32.2 Å². The summed E-state index contributed by atoms with van der Waals surface area (Å²) in [7, 11) is 4.15. The lowest BCUT2D eigenvalue weighted by atomic mass is 10.0. The van der Waals surface area contributed by atoms with Crippen LogP contribution in [0, 0.1) is 0 Å². The summed E-state index contributed by atoms with van der Waals surface area (Å²) < 4.78 is 0. The standard InChI is InChI=1S/C14H23N3O/c1-16(2)9-11-3-4-12-10-17(5-6-18)14(8-15)13(12)7-11/h3-4,7,14,18H,5-6,8-10,15H2,1-2H3. The molecule has 1 unspecified atom stereocenters. The van der Waals surface area contributed by atoms with E-state index in [4.69, 9.17) is 10.8 Å². The summed E-state index contributed by atoms with van der Waals surface area (Å²) in [5.74, 6) is 0. The van der Waals surface area contributed by atoms with Crippen molar-refractivity contribution in [2.45, 2.75) is 19.1 Å². The molecule has 0 saturated heterocycles. The van der Waals surface area contributed by atoms with E-state index < -0.39 is 0 Å². The lowest BCUT2D eigenvalue weighted by Gasteiger charge is -2.22. The van der Waals surface area contributed by atoms with Crippen LogP contribution in [0.1, 0.15) is 22.7 Å². The van der Waals surface area contributed by atoms with Crippen LogP contribution in [-0.4, -0.2) is 48.7 Å². The Morgan fingerprint density at radius 1 is 1.44 bits per heavy atom. The Hall–Kier alpha value is -0.940. The fourth-order valence-electron chi connectivity index (χ4n) is 2.73. The van der Waals surface area contributed by atoms with Gasteiger partial charge < -0.3 is 15.7 Å². The van der Waals surface area contributed by atoms with Crippen molar-refractivity contribution in [2.24, 2.45) is 5.73 Å². The summed E-state index contributed by atoms with van der Waals surface area (Å²) in [4.78, 5) is 4.42. The normalized spacial score (nSPS) is 19.5. The first-order chi connectivity index (χ1) is 8.65. The summed E-state index contributed by atoms with van der Waals surface area (Å²) in [5.41, 5.74) is 9.90. The SMILES string of the molecule is CN(C)Cc1ccc2c(c1)C(CN)N(CCO)C2. The molecule has 0 aromatic heterocycles. The second kappa shape index (κ2) is 5.80. The van der Waals surface area contributed by atoms with Crippen LogP contribution in [0.4, 0.5) is 0 Å². The van der Waals surface area contributed by atoms with Crippen LogP contribution in [0.2, 0.25) is 0 Å². The number of aliphatic hydroxyl groups excluding tert-OH is 1. The molecule has 2 rings (SSSR count). The lowest BCUT2D eigenvalue weighted by Crippen LogP contribution is -2.30. The zero-order chi connectivity index (χ0) is 13.1. The molecule has 1 heterocycles. The van der Waals surface area contributed by atoms with E-state index in [0.717, 1.165) is 13.1 Å². The average molecular weight is 249 g/mol. The molecule has 1 aliphatic heterocycles. The molecular weight excluding hydrogens is 226 g/mol. The van der Waals surface area contributed by atoms with Crippen LogP contribution >= 0.6 is 0 Å². The van der Waals surface area contributed by atoms with Crippen molar-refractivity contribution in [3.05, 3.63) is 34.9 Å². The summed E-state index contributed by atoms with van der Waals surface area (Å²) >= 11 is 0. The predicted octanol–water partition coefficient (Wildman–Crippen LogP) is 0.556. The fraction of sp³-hybridized carbons (Fsp3) is 0.571. The lowest BCUT2D eigenvalue weighted by molar-refractivity contribution is 0.164. The van der Waals surface area contributed by atoms with E-state index in [1.54, 1.807) is 0 Å². The molecule has 100 valence electrons. The van der Waals surface area contributed by atoms with Gasteiger partial charge in [-0.3, -0.25) is 4.90 Å². The third kappa shape index (κ3) is 2.72. The molecule has 3 N–H and O–H groups in total. The van der Waals surface area contributed by atoms with Gasteiger partial charge in [-0.1, -0.05) is 18.2 Å². The van der Waals surface area contributed by atoms with Gasteiger partial charge in [0.25, 0.3) is 0 Å². The highest BCUT2D eigenvalue weighted by atomic mass is 16.3. The molecule has 4 nitrogen and oxygen atoms in total. The molecule has 0 spiro atoms. The van der Waals surface area contributed by atoms with Crippen molar-refractivity contribution in [1.82, 2.24) is 9.80 Å². The molecule has 1 aromatic carbocycles. The van der Waals surface area contributed by atoms with Crippen molar-refractivity contribution >= 4 is 0 Å². The molecule has 0 fully saturated rings. The number of nitrogens with two attached hydrogens (primary N) is 1. The van der Waals surface area contributed by atoms with Crippen molar-refractivity contribution in [1.29, 1.82) is 0 Å². The molecule has 1 aliphatic rings. The number of hydrogen-bond acceptors (Lipinski definition) is 4. The van der Waals surface area contributed by atoms with Gasteiger partial charge in [0.05, 0.1) is 6.61 Å². The second-order valence-corrected chi connectivity index (χ2v) is 5.22. The summed E-state index contributed by atoms with van der Waals surface area (Å²) in [6, 6.07) is 6.92. The number of rotatable bonds is 5. The van der Waals surface area contributed by atoms with E-state index in [0.29, 0.717) is 13.1 Å². The molecule has 0 aliphatic carbocycles. The highest BCUT2D eigenvalue weighted by Crippen LogP contribution is 2.33. The third-order valence-electron chi connectivity index (χ3n) is 3.49. The Balaban J connectivity index is 2.23. The number of fused-ring (bicyclic) bond motifs is 1. The van der Waals surface area contributed by atoms with E-state index in [1.807, 2.05) is 0 Å². The Labute approximate surface area is 109 Å². The zero-order valence-electron chi connectivity index (χ0n) is 11.3. The highest BCUT2D eigenvalue weighted by molar-refractivity contribution is 5.38. The molecule has 0 radical (unpaired) electrons. The van der Waals surface area contributed by atoms with Gasteiger partial charge in [-0.25, -0.2) is 0 Å². The molecular formula is C14H23N3O. The monoisotopic (exact) mass is 249 g/mol. The van der Waals surface area contributed by atoms with Crippen molar-refractivity contribution in [2.75, 3.05) is 33.8 Å². The van der Waals surface area contributed by atoms with Gasteiger partial charge in [-0.2, -0.15) is 0 Å². The van der Waals surface area contributed by atoms with Gasteiger partial charge in [-0.05, 0) is 30.8 Å². The number of aliphatic hydroxyl groups is 1. The van der Waals surface area contributed by atoms with Gasteiger partial charge >= 0.3 is 0 Å². The predicted molar refractivity (Wildman–Crippen MR) is 73.1 cm³/mol. The summed E-state index contributed by atoms with van der Waals surface area (Å²) in [6.07, 6.45) is 0. The van der Waals surface area contributed by atoms with E-state index in [2.05, 4.69) is 42.1 Å². The van der Waals surface area contributed by atoms with Crippen molar-refractivity contribution in [3.63, 3.8) is 0 Å². The molecule has 18 heavy (non-hydrogen) atoms. The van der Waals surface area contributed by atoms with Crippen molar-refractivity contribution in [3.8, 4) is 0 Å². The molecule has 1 aromatic rings. The van der Waals surface area contributed by atoms with Gasteiger partial charge in [0.15, 0.2) is 0 Å². The van der Waals surface area contributed by atoms with E-state index >= 15 is 0 Å². The van der Waals surface area contributed by atoms with E-state index in [-0.39, 0.29) is 12.6 Å². The smallest absolute Gasteiger partial charge is 0.0558 e. The van der Waals surface area contributed by atoms with E-state index in [9.17, 15) is 0 Å². The minimum Gasteiger partial charge on any atom is -0.395 e. The van der Waals surface area contributed by atoms with E-state index in [1.165, 1.54) is 16.7 Å². The third-order valence-corrected chi connectivity index (χ3v) is 3.49. The molecule has 0 amide bonds. The number of β-amino-alcohol motifs (C(OH)–C–C–N with tert-alkyl or cyclic N) is 1.